The first-order chi connectivity index (χ1) is 6.47. The van der Waals surface area contributed by atoms with Crippen LogP contribution in [0.4, 0.5) is 4.79 Å². The minimum absolute atomic E-state index is 0.309. The molecule has 14 heavy (non-hydrogen) atoms. The summed E-state index contributed by atoms with van der Waals surface area (Å²) in [7, 11) is 0. The third-order valence-corrected chi connectivity index (χ3v) is 1.59. The Morgan fingerprint density at radius 2 is 2.36 bits per heavy atom. The summed E-state index contributed by atoms with van der Waals surface area (Å²) in [5.41, 5.74) is 0. The van der Waals surface area contributed by atoms with Gasteiger partial charge in [-0.25, -0.2) is 4.79 Å². The van der Waals surface area contributed by atoms with Crippen LogP contribution in [0.15, 0.2) is 4.99 Å². The molecule has 1 aliphatic heterocycles. The summed E-state index contributed by atoms with van der Waals surface area (Å²) in [5, 5.41) is 5.18. The number of hydrogen-bond acceptors (Lipinski definition) is 4. The smallest absolute Gasteiger partial charge is 0.414 e. The molecule has 80 valence electrons. The molecule has 0 aliphatic carbocycles. The Labute approximate surface area is 95.7 Å². The average molecular weight is 261 g/mol. The monoisotopic (exact) mass is 259 g/mol. The lowest BCUT2D eigenvalue weighted by Crippen LogP contribution is -2.39. The van der Waals surface area contributed by atoms with E-state index in [1.165, 1.54) is 0 Å². The molecule has 0 unspecified atom stereocenters. The summed E-state index contributed by atoms with van der Waals surface area (Å²) < 4.78 is 3.01. The molecule has 2 N–H and O–H groups in total. The number of carbonyl (C=O) groups is 1. The van der Waals surface area contributed by atoms with Crippen LogP contribution >= 0.6 is 34.8 Å². The topological polar surface area (TPSA) is 62.7 Å². The molecular formula is C6H8Cl3N3O2. The minimum atomic E-state index is -1.59. The van der Waals surface area contributed by atoms with E-state index in [1.807, 2.05) is 0 Å². The van der Waals surface area contributed by atoms with Crippen molar-refractivity contribution < 1.29 is 9.53 Å². The van der Waals surface area contributed by atoms with E-state index in [2.05, 4.69) is 20.4 Å². The fraction of sp³-hybridized carbons (Fsp3) is 0.667. The zero-order valence-corrected chi connectivity index (χ0v) is 9.29. The molecule has 1 rings (SSSR count). The first-order valence-corrected chi connectivity index (χ1v) is 4.89. The normalized spacial score (nSPS) is 15.8. The summed E-state index contributed by atoms with van der Waals surface area (Å²) in [6.07, 6.45) is -0.704. The summed E-state index contributed by atoms with van der Waals surface area (Å²) in [4.78, 5) is 14.9. The van der Waals surface area contributed by atoms with Gasteiger partial charge >= 0.3 is 6.09 Å². The molecule has 0 aromatic heterocycles. The van der Waals surface area contributed by atoms with Crippen molar-refractivity contribution in [3.8, 4) is 0 Å². The SMILES string of the molecule is O=C(NC1=NCCN1)OCC(Cl)(Cl)Cl. The number of carbonyl (C=O) groups excluding carboxylic acids is 1. The number of alkyl halides is 3. The average Bonchev–Trinajstić information content (AvgIpc) is 2.52. The number of halogens is 3. The lowest BCUT2D eigenvalue weighted by atomic mass is 10.7. The highest BCUT2D eigenvalue weighted by molar-refractivity contribution is 6.67. The van der Waals surface area contributed by atoms with Gasteiger partial charge in [0, 0.05) is 6.54 Å². The van der Waals surface area contributed by atoms with Crippen molar-refractivity contribution >= 4 is 46.9 Å². The molecule has 0 fully saturated rings. The molecule has 0 bridgehead atoms. The first-order valence-electron chi connectivity index (χ1n) is 3.76. The molecule has 1 heterocycles. The van der Waals surface area contributed by atoms with Crippen LogP contribution in [0.3, 0.4) is 0 Å². The third-order valence-electron chi connectivity index (χ3n) is 1.26. The molecule has 5 nitrogen and oxygen atoms in total. The Hall–Kier alpha value is -0.390. The number of alkyl carbamates (subject to hydrolysis) is 1. The number of aliphatic imine (C=N–C) groups is 1. The van der Waals surface area contributed by atoms with Crippen molar-refractivity contribution in [3.05, 3.63) is 0 Å². The third kappa shape index (κ3) is 4.74. The van der Waals surface area contributed by atoms with E-state index in [4.69, 9.17) is 34.8 Å². The molecule has 8 heteroatoms. The van der Waals surface area contributed by atoms with E-state index in [0.29, 0.717) is 19.0 Å². The van der Waals surface area contributed by atoms with Crippen LogP contribution in [0.5, 0.6) is 0 Å². The van der Waals surface area contributed by atoms with Gasteiger partial charge < -0.3 is 10.1 Å². The Morgan fingerprint density at radius 1 is 1.64 bits per heavy atom. The highest BCUT2D eigenvalue weighted by Gasteiger charge is 2.22. The van der Waals surface area contributed by atoms with Gasteiger partial charge in [-0.1, -0.05) is 34.8 Å². The summed E-state index contributed by atoms with van der Waals surface area (Å²) in [6, 6.07) is 0. The second kappa shape index (κ2) is 4.91. The van der Waals surface area contributed by atoms with Crippen LogP contribution in [-0.4, -0.2) is 35.5 Å². The van der Waals surface area contributed by atoms with Gasteiger partial charge in [0.05, 0.1) is 6.54 Å². The second-order valence-corrected chi connectivity index (χ2v) is 4.99. The van der Waals surface area contributed by atoms with Gasteiger partial charge in [0.2, 0.25) is 9.75 Å². The molecular weight excluding hydrogens is 252 g/mol. The summed E-state index contributed by atoms with van der Waals surface area (Å²) >= 11 is 16.1. The van der Waals surface area contributed by atoms with Gasteiger partial charge in [0.15, 0.2) is 0 Å². The first kappa shape index (κ1) is 11.7. The van der Waals surface area contributed by atoms with Crippen LogP contribution in [0.1, 0.15) is 0 Å². The van der Waals surface area contributed by atoms with Gasteiger partial charge in [0.25, 0.3) is 0 Å². The number of amides is 1. The molecule has 1 amide bonds. The van der Waals surface area contributed by atoms with Crippen LogP contribution in [0, 0.1) is 0 Å². The highest BCUT2D eigenvalue weighted by Crippen LogP contribution is 2.25. The zero-order chi connectivity index (χ0) is 10.6. The van der Waals surface area contributed by atoms with Crippen molar-refractivity contribution in [2.24, 2.45) is 4.99 Å². The number of guanidine groups is 1. The second-order valence-electron chi connectivity index (χ2n) is 2.47. The van der Waals surface area contributed by atoms with Crippen LogP contribution in [0.25, 0.3) is 0 Å². The van der Waals surface area contributed by atoms with E-state index < -0.39 is 9.89 Å². The van der Waals surface area contributed by atoms with Crippen molar-refractivity contribution in [3.63, 3.8) is 0 Å². The molecule has 0 spiro atoms. The summed E-state index contributed by atoms with van der Waals surface area (Å²) in [5.74, 6) is 0.374. The number of rotatable bonds is 1. The lowest BCUT2D eigenvalue weighted by molar-refractivity contribution is 0.153. The Balaban J connectivity index is 2.22. The van der Waals surface area contributed by atoms with E-state index in [1.54, 1.807) is 0 Å². The molecule has 0 radical (unpaired) electrons. The van der Waals surface area contributed by atoms with Crippen LogP contribution in [0.2, 0.25) is 0 Å². The number of hydrogen-bond donors (Lipinski definition) is 2. The van der Waals surface area contributed by atoms with E-state index in [9.17, 15) is 4.79 Å². The number of nitrogens with zero attached hydrogens (tertiary/aromatic N) is 1. The zero-order valence-electron chi connectivity index (χ0n) is 7.02. The largest absolute Gasteiger partial charge is 0.445 e. The van der Waals surface area contributed by atoms with Gasteiger partial charge in [-0.15, -0.1) is 0 Å². The maximum atomic E-state index is 11.0. The van der Waals surface area contributed by atoms with Crippen molar-refractivity contribution in [1.29, 1.82) is 0 Å². The lowest BCUT2D eigenvalue weighted by Gasteiger charge is -2.11. The summed E-state index contributed by atoms with van der Waals surface area (Å²) in [6.45, 7) is 1.01. The van der Waals surface area contributed by atoms with E-state index in [-0.39, 0.29) is 6.61 Å². The molecule has 0 aromatic carbocycles. The number of nitrogens with one attached hydrogen (secondary N) is 2. The maximum absolute atomic E-state index is 11.0. The highest BCUT2D eigenvalue weighted by atomic mass is 35.6. The van der Waals surface area contributed by atoms with E-state index >= 15 is 0 Å². The molecule has 0 saturated heterocycles. The van der Waals surface area contributed by atoms with E-state index in [0.717, 1.165) is 0 Å². The number of ether oxygens (including phenoxy) is 1. The van der Waals surface area contributed by atoms with Crippen LogP contribution < -0.4 is 10.6 Å². The fourth-order valence-electron chi connectivity index (χ4n) is 0.762. The standard InChI is InChI=1S/C6H8Cl3N3O2/c7-6(8,9)3-14-5(13)12-4-10-1-2-11-4/h1-3H2,(H2,10,11,12,13). The fourth-order valence-corrected chi connectivity index (χ4v) is 0.925. The quantitative estimate of drug-likeness (QED) is 0.693. The van der Waals surface area contributed by atoms with Crippen LogP contribution in [-0.2, 0) is 4.74 Å². The molecule has 0 aromatic rings. The van der Waals surface area contributed by atoms with Gasteiger partial charge in [-0.05, 0) is 0 Å². The Kier molecular flexibility index (Phi) is 4.10. The molecule has 1 aliphatic rings. The predicted molar refractivity (Wildman–Crippen MR) is 55.1 cm³/mol. The molecule has 0 atom stereocenters. The van der Waals surface area contributed by atoms with Crippen molar-refractivity contribution in [2.45, 2.75) is 3.79 Å². The molecule has 0 saturated carbocycles. The maximum Gasteiger partial charge on any atom is 0.414 e. The Bertz CT molecular complexity index is 251. The van der Waals surface area contributed by atoms with Gasteiger partial charge in [-0.2, -0.15) is 0 Å². The minimum Gasteiger partial charge on any atom is -0.445 e. The van der Waals surface area contributed by atoms with Crippen molar-refractivity contribution in [2.75, 3.05) is 19.7 Å². The Morgan fingerprint density at radius 3 is 2.86 bits per heavy atom. The predicted octanol–water partition coefficient (Wildman–Crippen LogP) is 1.04. The van der Waals surface area contributed by atoms with Gasteiger partial charge in [0.1, 0.15) is 6.61 Å². The van der Waals surface area contributed by atoms with Gasteiger partial charge in [-0.3, -0.25) is 10.3 Å². The van der Waals surface area contributed by atoms with Crippen molar-refractivity contribution in [1.82, 2.24) is 10.6 Å².